The standard InChI is InChI=1S/C35H43N5O4/c1-24-22-28(10-13-30(24)27-16-20-39(21-17-27)33(42)44-35(5,6)7)31-23-40(37-36-31)29-11-8-25(9-12-29)26-14-18-38(19-15-26)32(41)43-34(2,3)4/h8-14,16,22-23H,15,17-21H2,1-7H3. The molecule has 9 heteroatoms. The minimum atomic E-state index is -0.500. The van der Waals surface area contributed by atoms with Crippen LogP contribution in [0.5, 0.6) is 0 Å². The first-order valence-corrected chi connectivity index (χ1v) is 15.2. The van der Waals surface area contributed by atoms with E-state index < -0.39 is 11.2 Å². The molecular weight excluding hydrogens is 554 g/mol. The van der Waals surface area contributed by atoms with Crippen molar-refractivity contribution >= 4 is 23.3 Å². The molecule has 0 saturated carbocycles. The Morgan fingerprint density at radius 3 is 1.80 bits per heavy atom. The van der Waals surface area contributed by atoms with Crippen molar-refractivity contribution in [3.63, 3.8) is 0 Å². The van der Waals surface area contributed by atoms with Gasteiger partial charge in [-0.05, 0) is 107 Å². The van der Waals surface area contributed by atoms with Crippen LogP contribution in [0, 0.1) is 6.92 Å². The largest absolute Gasteiger partial charge is 0.444 e. The maximum absolute atomic E-state index is 12.4. The van der Waals surface area contributed by atoms with Crippen LogP contribution in [0.2, 0.25) is 0 Å². The SMILES string of the molecule is Cc1cc(-c2cn(-c3ccc(C4=CCN(C(=O)OC(C)(C)C)CC4)cc3)nn2)ccc1C1=CCN(C(=O)OC(C)(C)C)CC1. The number of aryl methyl sites for hydroxylation is 1. The molecular formula is C35H43N5O4. The van der Waals surface area contributed by atoms with Crippen LogP contribution in [0.4, 0.5) is 9.59 Å². The van der Waals surface area contributed by atoms with Gasteiger partial charge in [-0.25, -0.2) is 14.3 Å². The lowest BCUT2D eigenvalue weighted by molar-refractivity contribution is 0.0260. The van der Waals surface area contributed by atoms with Crippen molar-refractivity contribution < 1.29 is 19.1 Å². The highest BCUT2D eigenvalue weighted by Gasteiger charge is 2.25. The molecule has 44 heavy (non-hydrogen) atoms. The number of ether oxygens (including phenoxy) is 2. The van der Waals surface area contributed by atoms with Crippen LogP contribution in [0.1, 0.15) is 71.1 Å². The van der Waals surface area contributed by atoms with Gasteiger partial charge in [0, 0.05) is 31.7 Å². The molecule has 2 amide bonds. The Morgan fingerprint density at radius 2 is 1.30 bits per heavy atom. The summed E-state index contributed by atoms with van der Waals surface area (Å²) in [4.78, 5) is 28.3. The number of carbonyl (C=O) groups is 2. The summed E-state index contributed by atoms with van der Waals surface area (Å²) in [6.45, 7) is 15.8. The van der Waals surface area contributed by atoms with Crippen LogP contribution >= 0.6 is 0 Å². The first-order valence-electron chi connectivity index (χ1n) is 15.2. The quantitative estimate of drug-likeness (QED) is 0.314. The Morgan fingerprint density at radius 1 is 0.750 bits per heavy atom. The summed E-state index contributed by atoms with van der Waals surface area (Å²) >= 11 is 0. The number of benzene rings is 2. The van der Waals surface area contributed by atoms with Gasteiger partial charge in [0.05, 0.1) is 11.9 Å². The molecule has 0 aliphatic carbocycles. The Kier molecular flexibility index (Phi) is 8.68. The van der Waals surface area contributed by atoms with E-state index in [1.807, 2.05) is 59.9 Å². The highest BCUT2D eigenvalue weighted by molar-refractivity contribution is 5.76. The minimum absolute atomic E-state index is 0.268. The maximum Gasteiger partial charge on any atom is 0.410 e. The molecule has 5 rings (SSSR count). The first kappa shape index (κ1) is 31.0. The zero-order chi connectivity index (χ0) is 31.6. The van der Waals surface area contributed by atoms with Gasteiger partial charge in [-0.15, -0.1) is 5.10 Å². The van der Waals surface area contributed by atoms with Crippen LogP contribution in [-0.4, -0.2) is 74.4 Å². The first-order chi connectivity index (χ1) is 20.8. The third kappa shape index (κ3) is 7.56. The predicted octanol–water partition coefficient (Wildman–Crippen LogP) is 7.29. The Bertz CT molecular complexity index is 1590. The monoisotopic (exact) mass is 597 g/mol. The zero-order valence-corrected chi connectivity index (χ0v) is 26.9. The van der Waals surface area contributed by atoms with E-state index in [1.165, 1.54) is 16.7 Å². The molecule has 0 saturated heterocycles. The lowest BCUT2D eigenvalue weighted by atomic mass is 9.94. The van der Waals surface area contributed by atoms with Crippen LogP contribution in [0.25, 0.3) is 28.1 Å². The molecule has 0 unspecified atom stereocenters. The van der Waals surface area contributed by atoms with Crippen molar-refractivity contribution in [1.82, 2.24) is 24.8 Å². The van der Waals surface area contributed by atoms with E-state index in [4.69, 9.17) is 9.47 Å². The van der Waals surface area contributed by atoms with Gasteiger partial charge < -0.3 is 19.3 Å². The smallest absolute Gasteiger partial charge is 0.410 e. The Labute approximate surface area is 260 Å². The molecule has 1 aromatic heterocycles. The van der Waals surface area contributed by atoms with Gasteiger partial charge >= 0.3 is 12.2 Å². The number of amides is 2. The van der Waals surface area contributed by atoms with E-state index in [-0.39, 0.29) is 12.2 Å². The molecule has 0 N–H and O–H groups in total. The lowest BCUT2D eigenvalue weighted by Gasteiger charge is -2.30. The second-order valence-electron chi connectivity index (χ2n) is 13.4. The summed E-state index contributed by atoms with van der Waals surface area (Å²) in [7, 11) is 0. The van der Waals surface area contributed by atoms with E-state index in [2.05, 4.69) is 59.7 Å². The van der Waals surface area contributed by atoms with Crippen molar-refractivity contribution in [3.05, 3.63) is 77.5 Å². The number of hydrogen-bond acceptors (Lipinski definition) is 6. The molecule has 9 nitrogen and oxygen atoms in total. The lowest BCUT2D eigenvalue weighted by Crippen LogP contribution is -2.39. The van der Waals surface area contributed by atoms with E-state index in [1.54, 1.807) is 14.5 Å². The fraction of sp³-hybridized carbons (Fsp3) is 0.429. The normalized spacial score (nSPS) is 15.9. The van der Waals surface area contributed by atoms with E-state index in [0.717, 1.165) is 40.9 Å². The Hall–Kier alpha value is -4.40. The van der Waals surface area contributed by atoms with Gasteiger partial charge in [0.2, 0.25) is 0 Å². The number of nitrogens with zero attached hydrogens (tertiary/aromatic N) is 5. The van der Waals surface area contributed by atoms with Crippen molar-refractivity contribution in [2.45, 2.75) is 72.5 Å². The third-order valence-corrected chi connectivity index (χ3v) is 7.59. The fourth-order valence-electron chi connectivity index (χ4n) is 5.36. The molecule has 0 radical (unpaired) electrons. The minimum Gasteiger partial charge on any atom is -0.444 e. The molecule has 3 aromatic rings. The molecule has 0 spiro atoms. The summed E-state index contributed by atoms with van der Waals surface area (Å²) in [6.07, 6.45) is 7.19. The van der Waals surface area contributed by atoms with E-state index in [0.29, 0.717) is 26.2 Å². The van der Waals surface area contributed by atoms with E-state index >= 15 is 0 Å². The van der Waals surface area contributed by atoms with Crippen molar-refractivity contribution in [2.24, 2.45) is 0 Å². The molecule has 0 bridgehead atoms. The van der Waals surface area contributed by atoms with Crippen molar-refractivity contribution in [2.75, 3.05) is 26.2 Å². The van der Waals surface area contributed by atoms with Crippen molar-refractivity contribution in [1.29, 1.82) is 0 Å². The summed E-state index contributed by atoms with van der Waals surface area (Å²) in [6, 6.07) is 14.6. The third-order valence-electron chi connectivity index (χ3n) is 7.59. The molecule has 2 aromatic carbocycles. The molecule has 3 heterocycles. The number of rotatable bonds is 4. The summed E-state index contributed by atoms with van der Waals surface area (Å²) in [5.74, 6) is 0. The Balaban J connectivity index is 1.22. The van der Waals surface area contributed by atoms with Crippen molar-refractivity contribution in [3.8, 4) is 16.9 Å². The molecule has 0 fully saturated rings. The van der Waals surface area contributed by atoms with Crippen LogP contribution < -0.4 is 0 Å². The topological polar surface area (TPSA) is 89.8 Å². The highest BCUT2D eigenvalue weighted by Crippen LogP contribution is 2.30. The van der Waals surface area contributed by atoms with Gasteiger partial charge in [0.15, 0.2) is 0 Å². The molecule has 0 atom stereocenters. The second-order valence-corrected chi connectivity index (χ2v) is 13.4. The summed E-state index contributed by atoms with van der Waals surface area (Å²) in [5, 5.41) is 8.84. The van der Waals surface area contributed by atoms with Gasteiger partial charge in [-0.2, -0.15) is 0 Å². The average Bonchev–Trinajstić information content (AvgIpc) is 3.46. The second kappa shape index (κ2) is 12.3. The number of carbonyl (C=O) groups excluding carboxylic acids is 2. The fourth-order valence-corrected chi connectivity index (χ4v) is 5.36. The van der Waals surface area contributed by atoms with Crippen LogP contribution in [0.15, 0.2) is 60.8 Å². The average molecular weight is 598 g/mol. The maximum atomic E-state index is 12.4. The van der Waals surface area contributed by atoms with Gasteiger partial charge in [0.25, 0.3) is 0 Å². The van der Waals surface area contributed by atoms with Crippen LogP contribution in [0.3, 0.4) is 0 Å². The molecule has 2 aliphatic heterocycles. The van der Waals surface area contributed by atoms with E-state index in [9.17, 15) is 9.59 Å². The van der Waals surface area contributed by atoms with Gasteiger partial charge in [-0.1, -0.05) is 41.6 Å². The van der Waals surface area contributed by atoms with Crippen LogP contribution in [-0.2, 0) is 9.47 Å². The summed E-state index contributed by atoms with van der Waals surface area (Å²) < 4.78 is 12.8. The number of aromatic nitrogens is 3. The molecule has 232 valence electrons. The van der Waals surface area contributed by atoms with Gasteiger partial charge in [0.1, 0.15) is 16.9 Å². The summed E-state index contributed by atoms with van der Waals surface area (Å²) in [5.41, 5.74) is 7.67. The van der Waals surface area contributed by atoms with Gasteiger partial charge in [-0.3, -0.25) is 0 Å². The number of hydrogen-bond donors (Lipinski definition) is 0. The predicted molar refractivity (Wildman–Crippen MR) is 172 cm³/mol. The highest BCUT2D eigenvalue weighted by atomic mass is 16.6. The molecule has 2 aliphatic rings. The zero-order valence-electron chi connectivity index (χ0n) is 26.9.